The first-order chi connectivity index (χ1) is 15.7. The molecule has 1 fully saturated rings. The van der Waals surface area contributed by atoms with E-state index < -0.39 is 0 Å². The number of benzene rings is 2. The second-order valence-corrected chi connectivity index (χ2v) is 9.45. The number of aryl methyl sites for hydroxylation is 1. The molecule has 0 spiro atoms. The molecule has 1 aromatic heterocycles. The lowest BCUT2D eigenvalue weighted by molar-refractivity contribution is 0.0233. The molecule has 2 heterocycles. The molecule has 3 aromatic rings. The van der Waals surface area contributed by atoms with Crippen molar-refractivity contribution in [1.29, 1.82) is 0 Å². The Bertz CT molecular complexity index is 1090. The van der Waals surface area contributed by atoms with Gasteiger partial charge in [0.2, 0.25) is 0 Å². The van der Waals surface area contributed by atoms with E-state index in [1.807, 2.05) is 42.5 Å². The summed E-state index contributed by atoms with van der Waals surface area (Å²) in [5.41, 5.74) is 3.65. The first kappa shape index (κ1) is 21.3. The van der Waals surface area contributed by atoms with Crippen LogP contribution in [-0.2, 0) is 17.6 Å². The van der Waals surface area contributed by atoms with Crippen molar-refractivity contribution in [2.24, 2.45) is 0 Å². The fourth-order valence-electron chi connectivity index (χ4n) is 4.80. The number of fused-ring (bicyclic) bond motifs is 1. The quantitative estimate of drug-likeness (QED) is 0.563. The maximum absolute atomic E-state index is 15.1. The van der Waals surface area contributed by atoms with Crippen LogP contribution in [0.2, 0.25) is 0 Å². The van der Waals surface area contributed by atoms with Crippen LogP contribution >= 0.6 is 11.3 Å². The summed E-state index contributed by atoms with van der Waals surface area (Å²) in [4.78, 5) is 16.7. The first-order valence-corrected chi connectivity index (χ1v) is 12.1. The summed E-state index contributed by atoms with van der Waals surface area (Å²) in [6, 6.07) is 16.1. The minimum atomic E-state index is -0.246. The van der Waals surface area contributed by atoms with Gasteiger partial charge in [-0.25, -0.2) is 4.39 Å². The van der Waals surface area contributed by atoms with Crippen molar-refractivity contribution in [1.82, 2.24) is 4.90 Å². The zero-order chi connectivity index (χ0) is 21.9. The molecule has 1 N–H and O–H groups in total. The van der Waals surface area contributed by atoms with Gasteiger partial charge in [-0.3, -0.25) is 9.69 Å². The van der Waals surface area contributed by atoms with Crippen LogP contribution in [0.25, 0.3) is 0 Å². The number of ether oxygens (including phenoxy) is 1. The molecule has 6 heteroatoms. The van der Waals surface area contributed by atoms with Gasteiger partial charge in [-0.1, -0.05) is 36.4 Å². The fourth-order valence-corrected chi connectivity index (χ4v) is 6.12. The van der Waals surface area contributed by atoms with Gasteiger partial charge in [0.1, 0.15) is 10.8 Å². The normalized spacial score (nSPS) is 17.5. The Morgan fingerprint density at radius 2 is 1.72 bits per heavy atom. The first-order valence-electron chi connectivity index (χ1n) is 11.3. The number of carbonyl (C=O) groups excluding carboxylic acids is 1. The second-order valence-electron chi connectivity index (χ2n) is 8.35. The van der Waals surface area contributed by atoms with Gasteiger partial charge >= 0.3 is 0 Å². The standard InChI is InChI=1S/C26H27FN2O2S/c27-21-12-6-4-10-19(21)24(29-14-16-31-17-15-29)23-20-11-5-7-13-22(20)32-26(23)28-25(30)18-8-2-1-3-9-18/h1-4,6,8-10,12,24H,5,7,11,13-17H2,(H,28,30). The molecule has 0 radical (unpaired) electrons. The zero-order valence-corrected chi connectivity index (χ0v) is 18.8. The molecule has 1 aliphatic heterocycles. The highest BCUT2D eigenvalue weighted by molar-refractivity contribution is 7.16. The fraction of sp³-hybridized carbons (Fsp3) is 0.346. The molecule has 5 rings (SSSR count). The summed E-state index contributed by atoms with van der Waals surface area (Å²) in [5.74, 6) is -0.334. The van der Waals surface area contributed by atoms with E-state index in [0.717, 1.165) is 49.3 Å². The maximum Gasteiger partial charge on any atom is 0.256 e. The van der Waals surface area contributed by atoms with Gasteiger partial charge in [-0.05, 0) is 49.4 Å². The van der Waals surface area contributed by atoms with Crippen molar-refractivity contribution in [3.63, 3.8) is 0 Å². The van der Waals surface area contributed by atoms with Crippen LogP contribution in [0.5, 0.6) is 0 Å². The van der Waals surface area contributed by atoms with Crippen LogP contribution < -0.4 is 5.32 Å². The number of nitrogens with one attached hydrogen (secondary N) is 1. The highest BCUT2D eigenvalue weighted by Crippen LogP contribution is 2.46. The van der Waals surface area contributed by atoms with Gasteiger partial charge in [-0.2, -0.15) is 0 Å². The molecular formula is C26H27FN2O2S. The van der Waals surface area contributed by atoms with Crippen LogP contribution in [-0.4, -0.2) is 37.1 Å². The Labute approximate surface area is 192 Å². The number of anilines is 1. The SMILES string of the molecule is O=C(Nc1sc2c(c1C(c1ccccc1F)N1CCOCC1)CCCC2)c1ccccc1. The van der Waals surface area contributed by atoms with Crippen LogP contribution in [0.3, 0.4) is 0 Å². The van der Waals surface area contributed by atoms with Crippen LogP contribution in [0.1, 0.15) is 50.8 Å². The molecule has 4 nitrogen and oxygen atoms in total. The molecular weight excluding hydrogens is 423 g/mol. The van der Waals surface area contributed by atoms with E-state index in [-0.39, 0.29) is 17.8 Å². The molecule has 1 unspecified atom stereocenters. The van der Waals surface area contributed by atoms with Gasteiger partial charge in [-0.15, -0.1) is 11.3 Å². The topological polar surface area (TPSA) is 41.6 Å². The smallest absolute Gasteiger partial charge is 0.256 e. The largest absolute Gasteiger partial charge is 0.379 e. The number of amides is 1. The van der Waals surface area contributed by atoms with E-state index in [1.165, 1.54) is 16.5 Å². The van der Waals surface area contributed by atoms with Crippen LogP contribution in [0, 0.1) is 5.82 Å². The van der Waals surface area contributed by atoms with Crippen molar-refractivity contribution in [2.45, 2.75) is 31.7 Å². The number of thiophene rings is 1. The number of carbonyl (C=O) groups is 1. The Morgan fingerprint density at radius 1 is 1.00 bits per heavy atom. The Kier molecular flexibility index (Phi) is 6.35. The molecule has 166 valence electrons. The molecule has 1 aliphatic carbocycles. The van der Waals surface area contributed by atoms with E-state index in [9.17, 15) is 4.79 Å². The number of rotatable bonds is 5. The van der Waals surface area contributed by atoms with Gasteiger partial charge in [0.05, 0.1) is 19.3 Å². The lowest BCUT2D eigenvalue weighted by Gasteiger charge is -2.36. The highest BCUT2D eigenvalue weighted by Gasteiger charge is 2.34. The van der Waals surface area contributed by atoms with E-state index in [2.05, 4.69) is 10.2 Å². The van der Waals surface area contributed by atoms with Crippen molar-refractivity contribution in [3.8, 4) is 0 Å². The van der Waals surface area contributed by atoms with Crippen LogP contribution in [0.4, 0.5) is 9.39 Å². The minimum absolute atomic E-state index is 0.125. The third-order valence-electron chi connectivity index (χ3n) is 6.36. The minimum Gasteiger partial charge on any atom is -0.379 e. The average molecular weight is 451 g/mol. The summed E-state index contributed by atoms with van der Waals surface area (Å²) in [6.07, 6.45) is 4.26. The Morgan fingerprint density at radius 3 is 2.50 bits per heavy atom. The summed E-state index contributed by atoms with van der Waals surface area (Å²) in [5, 5.41) is 4.04. The third-order valence-corrected chi connectivity index (χ3v) is 7.58. The van der Waals surface area contributed by atoms with Crippen molar-refractivity contribution in [2.75, 3.05) is 31.6 Å². The summed E-state index contributed by atoms with van der Waals surface area (Å²) in [6.45, 7) is 2.72. The second kappa shape index (κ2) is 9.53. The van der Waals surface area contributed by atoms with Gasteiger partial charge < -0.3 is 10.1 Å². The Hall–Kier alpha value is -2.54. The molecule has 1 atom stereocenters. The lowest BCUT2D eigenvalue weighted by Crippen LogP contribution is -2.40. The maximum atomic E-state index is 15.1. The average Bonchev–Trinajstić information content (AvgIpc) is 3.19. The number of hydrogen-bond donors (Lipinski definition) is 1. The van der Waals surface area contributed by atoms with E-state index >= 15 is 4.39 Å². The highest BCUT2D eigenvalue weighted by atomic mass is 32.1. The lowest BCUT2D eigenvalue weighted by atomic mass is 9.88. The summed E-state index contributed by atoms with van der Waals surface area (Å²) < 4.78 is 20.7. The van der Waals surface area contributed by atoms with E-state index in [1.54, 1.807) is 17.4 Å². The molecule has 1 saturated heterocycles. The van der Waals surface area contributed by atoms with E-state index in [0.29, 0.717) is 24.3 Å². The number of morpholine rings is 1. The predicted octanol–water partition coefficient (Wildman–Crippen LogP) is 5.44. The van der Waals surface area contributed by atoms with Gasteiger partial charge in [0.25, 0.3) is 5.91 Å². The Balaban J connectivity index is 1.62. The van der Waals surface area contributed by atoms with Gasteiger partial charge in [0.15, 0.2) is 0 Å². The van der Waals surface area contributed by atoms with Gasteiger partial charge in [0, 0.05) is 34.7 Å². The van der Waals surface area contributed by atoms with Crippen molar-refractivity contribution < 1.29 is 13.9 Å². The van der Waals surface area contributed by atoms with Crippen LogP contribution in [0.15, 0.2) is 54.6 Å². The molecule has 0 saturated carbocycles. The predicted molar refractivity (Wildman–Crippen MR) is 126 cm³/mol. The number of halogens is 1. The number of nitrogens with zero attached hydrogens (tertiary/aromatic N) is 1. The molecule has 0 bridgehead atoms. The monoisotopic (exact) mass is 450 g/mol. The van der Waals surface area contributed by atoms with E-state index in [4.69, 9.17) is 4.74 Å². The summed E-state index contributed by atoms with van der Waals surface area (Å²) in [7, 11) is 0. The number of hydrogen-bond acceptors (Lipinski definition) is 4. The molecule has 32 heavy (non-hydrogen) atoms. The third kappa shape index (κ3) is 4.22. The zero-order valence-electron chi connectivity index (χ0n) is 18.0. The molecule has 2 aliphatic rings. The van der Waals surface area contributed by atoms with Crippen molar-refractivity contribution >= 4 is 22.2 Å². The van der Waals surface area contributed by atoms with Crippen molar-refractivity contribution in [3.05, 3.63) is 87.5 Å². The molecule has 1 amide bonds. The summed E-state index contributed by atoms with van der Waals surface area (Å²) >= 11 is 1.67. The molecule has 2 aromatic carbocycles.